The van der Waals surface area contributed by atoms with Crippen molar-refractivity contribution in [1.29, 1.82) is 0 Å². The minimum Gasteiger partial charge on any atom is -0.488 e. The summed E-state index contributed by atoms with van der Waals surface area (Å²) in [6.45, 7) is 0.616. The van der Waals surface area contributed by atoms with Crippen LogP contribution in [0.25, 0.3) is 0 Å². The number of hydrogen-bond donors (Lipinski definition) is 2. The summed E-state index contributed by atoms with van der Waals surface area (Å²) in [4.78, 5) is 28.8. The van der Waals surface area contributed by atoms with Gasteiger partial charge in [-0.15, -0.1) is 0 Å². The van der Waals surface area contributed by atoms with E-state index in [1.54, 1.807) is 12.1 Å². The second kappa shape index (κ2) is 5.72. The van der Waals surface area contributed by atoms with Crippen molar-refractivity contribution in [2.75, 3.05) is 23.4 Å². The fourth-order valence-corrected chi connectivity index (χ4v) is 2.13. The molecule has 112 valence electrons. The van der Waals surface area contributed by atoms with E-state index in [4.69, 9.17) is 9.84 Å². The number of benzene rings is 1. The molecule has 2 amide bonds. The van der Waals surface area contributed by atoms with E-state index in [1.165, 1.54) is 17.2 Å². The number of fused-ring (bicyclic) bond motifs is 1. The number of carboxylic acids is 1. The summed E-state index contributed by atoms with van der Waals surface area (Å²) in [5, 5.41) is 11.7. The topological polar surface area (TPSA) is 91.8 Å². The molecule has 7 heteroatoms. The lowest BCUT2D eigenvalue weighted by Crippen LogP contribution is -2.41. The molecule has 1 aromatic carbocycles. The molecule has 7 nitrogen and oxygen atoms in total. The molecule has 0 saturated heterocycles. The largest absolute Gasteiger partial charge is 0.488 e. The maximum Gasteiger partial charge on any atom is 0.337 e. The fourth-order valence-electron chi connectivity index (χ4n) is 2.13. The number of nitrogens with zero attached hydrogens (tertiary/aromatic N) is 2. The van der Waals surface area contributed by atoms with Crippen molar-refractivity contribution in [3.63, 3.8) is 0 Å². The van der Waals surface area contributed by atoms with E-state index >= 15 is 0 Å². The van der Waals surface area contributed by atoms with Crippen LogP contribution in [0.3, 0.4) is 0 Å². The van der Waals surface area contributed by atoms with Crippen LogP contribution in [0.1, 0.15) is 10.4 Å². The molecule has 3 rings (SSSR count). The summed E-state index contributed by atoms with van der Waals surface area (Å²) in [6, 6.07) is 10.1. The molecule has 1 aliphatic rings. The molecular weight excluding hydrogens is 286 g/mol. The van der Waals surface area contributed by atoms with Crippen LogP contribution in [-0.2, 0) is 0 Å². The molecule has 0 bridgehead atoms. The van der Waals surface area contributed by atoms with Crippen molar-refractivity contribution < 1.29 is 19.4 Å². The summed E-state index contributed by atoms with van der Waals surface area (Å²) in [5.74, 6) is -0.496. The van der Waals surface area contributed by atoms with Gasteiger partial charge in [-0.25, -0.2) is 14.6 Å². The van der Waals surface area contributed by atoms with Gasteiger partial charge < -0.3 is 15.2 Å². The Morgan fingerprint density at radius 3 is 2.77 bits per heavy atom. The minimum absolute atomic E-state index is 0.0177. The third kappa shape index (κ3) is 2.69. The lowest BCUT2D eigenvalue weighted by Gasteiger charge is -2.28. The lowest BCUT2D eigenvalue weighted by molar-refractivity contribution is 0.0696. The Labute approximate surface area is 126 Å². The highest BCUT2D eigenvalue weighted by molar-refractivity contribution is 6.02. The van der Waals surface area contributed by atoms with Gasteiger partial charge in [-0.3, -0.25) is 4.90 Å². The van der Waals surface area contributed by atoms with E-state index < -0.39 is 5.97 Å². The number of carbonyl (C=O) groups excluding carboxylic acids is 1. The first-order valence-electron chi connectivity index (χ1n) is 6.65. The number of amides is 2. The van der Waals surface area contributed by atoms with Gasteiger partial charge in [-0.1, -0.05) is 18.2 Å². The van der Waals surface area contributed by atoms with Gasteiger partial charge in [0.15, 0.2) is 11.6 Å². The van der Waals surface area contributed by atoms with Crippen molar-refractivity contribution in [2.24, 2.45) is 0 Å². The number of aromatic carboxylic acids is 1. The molecule has 0 unspecified atom stereocenters. The minimum atomic E-state index is -1.09. The van der Waals surface area contributed by atoms with E-state index in [2.05, 4.69) is 10.3 Å². The van der Waals surface area contributed by atoms with Crippen molar-refractivity contribution >= 4 is 23.5 Å². The first-order chi connectivity index (χ1) is 10.6. The molecule has 0 aliphatic carbocycles. The molecule has 0 atom stereocenters. The smallest absolute Gasteiger partial charge is 0.337 e. The molecule has 0 spiro atoms. The Hall–Kier alpha value is -3.09. The third-order valence-corrected chi connectivity index (χ3v) is 3.18. The molecule has 0 saturated carbocycles. The number of carbonyl (C=O) groups is 2. The molecule has 2 aromatic rings. The number of anilines is 2. The van der Waals surface area contributed by atoms with Crippen LogP contribution in [-0.4, -0.2) is 35.2 Å². The normalized spacial score (nSPS) is 13.0. The van der Waals surface area contributed by atoms with Gasteiger partial charge >= 0.3 is 12.0 Å². The Bertz CT molecular complexity index is 718. The van der Waals surface area contributed by atoms with Crippen LogP contribution >= 0.6 is 0 Å². The average molecular weight is 299 g/mol. The van der Waals surface area contributed by atoms with E-state index in [1.807, 2.05) is 18.2 Å². The highest BCUT2D eigenvalue weighted by Gasteiger charge is 2.26. The van der Waals surface area contributed by atoms with Gasteiger partial charge in [-0.2, -0.15) is 0 Å². The van der Waals surface area contributed by atoms with E-state index in [9.17, 15) is 9.59 Å². The van der Waals surface area contributed by atoms with Gasteiger partial charge in [0.25, 0.3) is 0 Å². The van der Waals surface area contributed by atoms with Crippen LogP contribution in [0.5, 0.6) is 5.75 Å². The monoisotopic (exact) mass is 299 g/mol. The molecule has 0 fully saturated rings. The molecule has 0 radical (unpaired) electrons. The molecule has 22 heavy (non-hydrogen) atoms. The number of pyridine rings is 1. The zero-order chi connectivity index (χ0) is 15.5. The Morgan fingerprint density at radius 2 is 2.05 bits per heavy atom. The van der Waals surface area contributed by atoms with Gasteiger partial charge in [0.05, 0.1) is 12.1 Å². The second-order valence-corrected chi connectivity index (χ2v) is 4.65. The summed E-state index contributed by atoms with van der Waals surface area (Å²) in [7, 11) is 0. The Kier molecular flexibility index (Phi) is 3.61. The van der Waals surface area contributed by atoms with Crippen LogP contribution in [0, 0.1) is 0 Å². The zero-order valence-corrected chi connectivity index (χ0v) is 11.5. The molecule has 1 aromatic heterocycles. The molecule has 2 heterocycles. The number of ether oxygens (including phenoxy) is 1. The average Bonchev–Trinajstić information content (AvgIpc) is 2.54. The Morgan fingerprint density at radius 1 is 1.27 bits per heavy atom. The number of para-hydroxylation sites is 1. The van der Waals surface area contributed by atoms with Crippen LogP contribution in [0.2, 0.25) is 0 Å². The Balaban J connectivity index is 1.85. The SMILES string of the molecule is O=C(O)c1cnc2c(c1)OCCN2C(=O)Nc1ccccc1. The number of nitrogens with one attached hydrogen (secondary N) is 1. The van der Waals surface area contributed by atoms with Crippen LogP contribution < -0.4 is 15.0 Å². The number of rotatable bonds is 2. The molecule has 2 N–H and O–H groups in total. The predicted octanol–water partition coefficient (Wildman–Crippen LogP) is 2.21. The first-order valence-corrected chi connectivity index (χ1v) is 6.65. The van der Waals surface area contributed by atoms with Crippen molar-refractivity contribution in [3.8, 4) is 5.75 Å². The second-order valence-electron chi connectivity index (χ2n) is 4.65. The maximum atomic E-state index is 12.4. The first kappa shape index (κ1) is 13.9. The number of hydrogen-bond acceptors (Lipinski definition) is 4. The lowest BCUT2D eigenvalue weighted by atomic mass is 10.2. The molecule has 1 aliphatic heterocycles. The standard InChI is InChI=1S/C15H13N3O4/c19-14(20)10-8-12-13(16-9-10)18(6-7-22-12)15(21)17-11-4-2-1-3-5-11/h1-5,8-9H,6-7H2,(H,17,21)(H,19,20). The summed E-state index contributed by atoms with van der Waals surface area (Å²) >= 11 is 0. The van der Waals surface area contributed by atoms with Crippen molar-refractivity contribution in [1.82, 2.24) is 4.98 Å². The van der Waals surface area contributed by atoms with Crippen molar-refractivity contribution in [2.45, 2.75) is 0 Å². The van der Waals surface area contributed by atoms with Gasteiger partial charge in [-0.05, 0) is 12.1 Å². The number of urea groups is 1. The van der Waals surface area contributed by atoms with Gasteiger partial charge in [0.1, 0.15) is 6.61 Å². The number of aromatic nitrogens is 1. The summed E-state index contributed by atoms with van der Waals surface area (Å²) in [5.41, 5.74) is 0.687. The fraction of sp³-hybridized carbons (Fsp3) is 0.133. The highest BCUT2D eigenvalue weighted by atomic mass is 16.5. The highest BCUT2D eigenvalue weighted by Crippen LogP contribution is 2.30. The van der Waals surface area contributed by atoms with E-state index in [-0.39, 0.29) is 24.0 Å². The van der Waals surface area contributed by atoms with Crippen molar-refractivity contribution in [3.05, 3.63) is 48.2 Å². The van der Waals surface area contributed by atoms with Gasteiger partial charge in [0, 0.05) is 18.0 Å². The quantitative estimate of drug-likeness (QED) is 0.887. The third-order valence-electron chi connectivity index (χ3n) is 3.18. The van der Waals surface area contributed by atoms with Gasteiger partial charge in [0.2, 0.25) is 0 Å². The van der Waals surface area contributed by atoms with Crippen LogP contribution in [0.15, 0.2) is 42.6 Å². The summed E-state index contributed by atoms with van der Waals surface area (Å²) < 4.78 is 5.40. The predicted molar refractivity (Wildman–Crippen MR) is 79.5 cm³/mol. The maximum absolute atomic E-state index is 12.4. The van der Waals surface area contributed by atoms with E-state index in [0.717, 1.165) is 0 Å². The number of carboxylic acid groups (broad SMARTS) is 1. The zero-order valence-electron chi connectivity index (χ0n) is 11.5. The van der Waals surface area contributed by atoms with E-state index in [0.29, 0.717) is 18.1 Å². The van der Waals surface area contributed by atoms with Crippen LogP contribution in [0.4, 0.5) is 16.3 Å². The molecular formula is C15H13N3O4. The summed E-state index contributed by atoms with van der Waals surface area (Å²) in [6.07, 6.45) is 1.21.